The van der Waals surface area contributed by atoms with E-state index in [4.69, 9.17) is 14.2 Å². The lowest BCUT2D eigenvalue weighted by Gasteiger charge is -2.37. The average Bonchev–Trinajstić information content (AvgIpc) is 3.71. The number of amides is 2. The number of para-hydroxylation sites is 1. The Hall–Kier alpha value is -3.66. The summed E-state index contributed by atoms with van der Waals surface area (Å²) in [7, 11) is 0.868. The fourth-order valence-electron chi connectivity index (χ4n) is 8.02. The van der Waals surface area contributed by atoms with Gasteiger partial charge in [0.2, 0.25) is 5.91 Å². The van der Waals surface area contributed by atoms with Gasteiger partial charge in [0, 0.05) is 23.7 Å². The average molecular weight is 615 g/mol. The van der Waals surface area contributed by atoms with Crippen LogP contribution in [0, 0.1) is 5.92 Å². The Bertz CT molecular complexity index is 1530. The SMILES string of the molecule is COc1ccc([Si](C)(C)[C@@H]2[C@@H](CC(=O)N3CCC[C@H]3CO)O[C@]3(C(=O)N(c4ccccc4)c4ccc(OC)cc43)[C@H]2C)cc1. The van der Waals surface area contributed by atoms with Crippen molar-refractivity contribution in [2.75, 3.05) is 32.3 Å². The predicted octanol–water partition coefficient (Wildman–Crippen LogP) is 4.97. The van der Waals surface area contributed by atoms with E-state index in [1.807, 2.05) is 65.6 Å². The molecule has 2 saturated heterocycles. The molecule has 44 heavy (non-hydrogen) atoms. The number of carbonyl (C=O) groups is 2. The summed E-state index contributed by atoms with van der Waals surface area (Å²) in [4.78, 5) is 32.4. The third kappa shape index (κ3) is 4.73. The molecule has 5 atom stereocenters. The molecule has 0 saturated carbocycles. The van der Waals surface area contributed by atoms with Gasteiger partial charge in [-0.15, -0.1) is 0 Å². The Morgan fingerprint density at radius 3 is 2.36 bits per heavy atom. The van der Waals surface area contributed by atoms with E-state index >= 15 is 0 Å². The summed E-state index contributed by atoms with van der Waals surface area (Å²) in [5, 5.41) is 11.2. The number of hydrogen-bond donors (Lipinski definition) is 1. The Morgan fingerprint density at radius 1 is 1.02 bits per heavy atom. The molecule has 8 nitrogen and oxygen atoms in total. The number of methoxy groups -OCH3 is 2. The van der Waals surface area contributed by atoms with E-state index in [2.05, 4.69) is 32.2 Å². The largest absolute Gasteiger partial charge is 0.497 e. The van der Waals surface area contributed by atoms with Gasteiger partial charge in [0.05, 0.1) is 53.2 Å². The molecule has 0 unspecified atom stereocenters. The van der Waals surface area contributed by atoms with Crippen molar-refractivity contribution in [2.45, 2.75) is 62.6 Å². The van der Waals surface area contributed by atoms with E-state index in [0.717, 1.165) is 35.5 Å². The third-order valence-electron chi connectivity index (χ3n) is 10.2. The molecule has 6 rings (SSSR count). The number of likely N-dealkylation sites (tertiary alicyclic amines) is 1. The first kappa shape index (κ1) is 30.4. The van der Waals surface area contributed by atoms with Crippen LogP contribution in [0.3, 0.4) is 0 Å². The number of anilines is 2. The minimum Gasteiger partial charge on any atom is -0.497 e. The second kappa shape index (κ2) is 11.7. The monoisotopic (exact) mass is 614 g/mol. The Kier molecular flexibility index (Phi) is 8.07. The minimum atomic E-state index is -2.41. The lowest BCUT2D eigenvalue weighted by molar-refractivity contribution is -0.149. The Balaban J connectivity index is 1.48. The molecule has 0 radical (unpaired) electrons. The highest BCUT2D eigenvalue weighted by molar-refractivity contribution is 6.91. The molecule has 3 aromatic carbocycles. The van der Waals surface area contributed by atoms with Gasteiger partial charge in [-0.1, -0.05) is 55.5 Å². The molecule has 232 valence electrons. The molecule has 3 aromatic rings. The number of fused-ring (bicyclic) bond motifs is 2. The molecule has 9 heteroatoms. The highest BCUT2D eigenvalue weighted by Crippen LogP contribution is 2.61. The molecular formula is C35H42N2O6Si. The van der Waals surface area contributed by atoms with Gasteiger partial charge >= 0.3 is 0 Å². The predicted molar refractivity (Wildman–Crippen MR) is 173 cm³/mol. The quantitative estimate of drug-likeness (QED) is 0.361. The van der Waals surface area contributed by atoms with Crippen molar-refractivity contribution in [3.63, 3.8) is 0 Å². The third-order valence-corrected chi connectivity index (χ3v) is 14.6. The van der Waals surface area contributed by atoms with Crippen LogP contribution < -0.4 is 19.6 Å². The van der Waals surface area contributed by atoms with Crippen molar-refractivity contribution in [3.05, 3.63) is 78.4 Å². The molecular weight excluding hydrogens is 572 g/mol. The highest BCUT2D eigenvalue weighted by Gasteiger charge is 2.67. The number of aliphatic hydroxyl groups excluding tert-OH is 1. The standard InChI is InChI=1S/C35H42N2O6Si/c1-23-33(44(4,5)28-16-13-26(41-2)14-17-28)31(21-32(39)36-19-9-12-25(36)22-38)43-35(23)29-20-27(42-3)15-18-30(29)37(34(35)40)24-10-7-6-8-11-24/h6-8,10-11,13-18,20,23,25,31,33,38H,9,12,19,21-22H2,1-5H3/t23-,25-,31+,33-,35+/m0/s1. The summed E-state index contributed by atoms with van der Waals surface area (Å²) >= 11 is 0. The van der Waals surface area contributed by atoms with E-state index in [9.17, 15) is 14.7 Å². The van der Waals surface area contributed by atoms with Crippen molar-refractivity contribution >= 4 is 36.4 Å². The lowest BCUT2D eigenvalue weighted by atomic mass is 9.82. The lowest BCUT2D eigenvalue weighted by Crippen LogP contribution is -2.52. The van der Waals surface area contributed by atoms with Crippen LogP contribution in [-0.4, -0.2) is 69.4 Å². The summed E-state index contributed by atoms with van der Waals surface area (Å²) in [6.07, 6.45) is 1.31. The van der Waals surface area contributed by atoms with E-state index in [1.165, 1.54) is 5.19 Å². The van der Waals surface area contributed by atoms with Gasteiger partial charge in [-0.2, -0.15) is 0 Å². The van der Waals surface area contributed by atoms with Crippen LogP contribution in [0.25, 0.3) is 0 Å². The fraction of sp³-hybridized carbons (Fsp3) is 0.429. The van der Waals surface area contributed by atoms with Crippen LogP contribution in [-0.2, 0) is 19.9 Å². The Morgan fingerprint density at radius 2 is 1.70 bits per heavy atom. The number of carbonyl (C=O) groups excluding carboxylic acids is 2. The fourth-order valence-corrected chi connectivity index (χ4v) is 12.0. The van der Waals surface area contributed by atoms with Gasteiger partial charge in [-0.3, -0.25) is 14.5 Å². The van der Waals surface area contributed by atoms with Gasteiger partial charge in [-0.25, -0.2) is 0 Å². The van der Waals surface area contributed by atoms with Crippen LogP contribution >= 0.6 is 0 Å². The van der Waals surface area contributed by atoms with Gasteiger partial charge in [-0.05, 0) is 60.8 Å². The molecule has 3 aliphatic rings. The summed E-state index contributed by atoms with van der Waals surface area (Å²) in [6.45, 7) is 7.31. The van der Waals surface area contributed by atoms with Gasteiger partial charge in [0.15, 0.2) is 5.60 Å². The molecule has 1 N–H and O–H groups in total. The maximum Gasteiger partial charge on any atom is 0.268 e. The van der Waals surface area contributed by atoms with Crippen molar-refractivity contribution in [2.24, 2.45) is 5.92 Å². The first-order valence-electron chi connectivity index (χ1n) is 15.5. The molecule has 2 amide bonds. The topological polar surface area (TPSA) is 88.5 Å². The van der Waals surface area contributed by atoms with Crippen molar-refractivity contribution in [3.8, 4) is 11.5 Å². The number of hydrogen-bond acceptors (Lipinski definition) is 6. The second-order valence-electron chi connectivity index (χ2n) is 12.8. The summed E-state index contributed by atoms with van der Waals surface area (Å²) in [5.41, 5.74) is 0.930. The molecule has 0 bridgehead atoms. The first-order valence-corrected chi connectivity index (χ1v) is 18.6. The zero-order valence-electron chi connectivity index (χ0n) is 26.2. The maximum atomic E-state index is 14.9. The van der Waals surface area contributed by atoms with Crippen LogP contribution in [0.4, 0.5) is 11.4 Å². The number of aliphatic hydroxyl groups is 1. The van der Waals surface area contributed by atoms with Crippen LogP contribution in [0.1, 0.15) is 31.7 Å². The molecule has 0 aliphatic carbocycles. The first-order chi connectivity index (χ1) is 21.2. The minimum absolute atomic E-state index is 0.0310. The van der Waals surface area contributed by atoms with Crippen LogP contribution in [0.15, 0.2) is 72.8 Å². The van der Waals surface area contributed by atoms with E-state index < -0.39 is 19.8 Å². The number of benzene rings is 3. The molecule has 3 heterocycles. The molecule has 0 aromatic heterocycles. The van der Waals surface area contributed by atoms with Crippen LogP contribution in [0.2, 0.25) is 18.6 Å². The van der Waals surface area contributed by atoms with Gasteiger partial charge < -0.3 is 24.2 Å². The van der Waals surface area contributed by atoms with E-state index in [1.54, 1.807) is 19.1 Å². The molecule has 2 fully saturated rings. The maximum absolute atomic E-state index is 14.9. The zero-order valence-corrected chi connectivity index (χ0v) is 27.2. The summed E-state index contributed by atoms with van der Waals surface area (Å²) in [6, 6.07) is 23.4. The highest BCUT2D eigenvalue weighted by atomic mass is 28.3. The van der Waals surface area contributed by atoms with Gasteiger partial charge in [0.25, 0.3) is 5.91 Å². The zero-order chi connectivity index (χ0) is 31.2. The second-order valence-corrected chi connectivity index (χ2v) is 17.5. The summed E-state index contributed by atoms with van der Waals surface area (Å²) in [5.74, 6) is 1.01. The number of rotatable bonds is 8. The van der Waals surface area contributed by atoms with Crippen molar-refractivity contribution in [1.82, 2.24) is 4.90 Å². The normalized spacial score (nSPS) is 26.4. The molecule has 1 spiro atoms. The molecule has 3 aliphatic heterocycles. The van der Waals surface area contributed by atoms with E-state index in [0.29, 0.717) is 12.3 Å². The van der Waals surface area contributed by atoms with E-state index in [-0.39, 0.29) is 42.3 Å². The smallest absolute Gasteiger partial charge is 0.268 e. The van der Waals surface area contributed by atoms with Crippen molar-refractivity contribution < 1.29 is 28.9 Å². The number of ether oxygens (including phenoxy) is 3. The summed E-state index contributed by atoms with van der Waals surface area (Å²) < 4.78 is 18.2. The van der Waals surface area contributed by atoms with Crippen molar-refractivity contribution in [1.29, 1.82) is 0 Å². The van der Waals surface area contributed by atoms with Gasteiger partial charge in [0.1, 0.15) is 11.5 Å². The number of nitrogens with zero attached hydrogens (tertiary/aromatic N) is 2. The van der Waals surface area contributed by atoms with Crippen LogP contribution in [0.5, 0.6) is 11.5 Å². The Labute approximate surface area is 260 Å².